The lowest BCUT2D eigenvalue weighted by Crippen LogP contribution is -2.30. The minimum absolute atomic E-state index is 0.0639. The molecule has 0 aromatic heterocycles. The molecule has 6 nitrogen and oxygen atoms in total. The van der Waals surface area contributed by atoms with Crippen LogP contribution in [0.1, 0.15) is 252 Å². The van der Waals surface area contributed by atoms with E-state index in [0.29, 0.717) is 19.3 Å². The molecule has 1 unspecified atom stereocenters. The molecule has 0 saturated heterocycles. The summed E-state index contributed by atoms with van der Waals surface area (Å²) in [7, 11) is 0. The van der Waals surface area contributed by atoms with Gasteiger partial charge in [-0.1, -0.05) is 213 Å². The zero-order chi connectivity index (χ0) is 37.3. The van der Waals surface area contributed by atoms with E-state index in [4.69, 9.17) is 14.2 Å². The summed E-state index contributed by atoms with van der Waals surface area (Å²) < 4.78 is 16.6. The minimum Gasteiger partial charge on any atom is -0.462 e. The van der Waals surface area contributed by atoms with Crippen molar-refractivity contribution in [3.05, 3.63) is 0 Å². The standard InChI is InChI=1S/C45H86O6/c1-4-7-10-13-15-17-19-20-21-22-23-24-26-27-29-32-35-38-44(47)50-41-42(40-49-43(46)37-34-31-12-9-6-3)51-45(48)39-36-33-30-28-25-18-16-14-11-8-5-2/h42H,4-41H2,1-3H3. The van der Waals surface area contributed by atoms with Gasteiger partial charge in [0.2, 0.25) is 0 Å². The Hall–Kier alpha value is -1.59. The average molecular weight is 723 g/mol. The Labute approximate surface area is 317 Å². The Morgan fingerprint density at radius 3 is 0.784 bits per heavy atom. The molecule has 0 aliphatic rings. The van der Waals surface area contributed by atoms with Crippen LogP contribution in [-0.4, -0.2) is 37.2 Å². The normalized spacial score (nSPS) is 11.8. The van der Waals surface area contributed by atoms with Crippen molar-refractivity contribution in [1.82, 2.24) is 0 Å². The molecule has 0 rings (SSSR count). The van der Waals surface area contributed by atoms with Gasteiger partial charge < -0.3 is 14.2 Å². The van der Waals surface area contributed by atoms with Gasteiger partial charge >= 0.3 is 17.9 Å². The van der Waals surface area contributed by atoms with Crippen LogP contribution in [0.4, 0.5) is 0 Å². The van der Waals surface area contributed by atoms with Crippen LogP contribution in [-0.2, 0) is 28.6 Å². The van der Waals surface area contributed by atoms with E-state index in [2.05, 4.69) is 20.8 Å². The predicted octanol–water partition coefficient (Wildman–Crippen LogP) is 14.1. The second-order valence-corrected chi connectivity index (χ2v) is 15.3. The molecule has 0 fully saturated rings. The molecule has 0 aliphatic carbocycles. The summed E-state index contributed by atoms with van der Waals surface area (Å²) in [6, 6.07) is 0. The van der Waals surface area contributed by atoms with Gasteiger partial charge in [0.25, 0.3) is 0 Å². The Balaban J connectivity index is 4.13. The summed E-state index contributed by atoms with van der Waals surface area (Å²) in [5.41, 5.74) is 0. The molecule has 0 heterocycles. The van der Waals surface area contributed by atoms with Crippen LogP contribution in [0.2, 0.25) is 0 Å². The third-order valence-corrected chi connectivity index (χ3v) is 10.1. The number of carbonyl (C=O) groups is 3. The number of hydrogen-bond acceptors (Lipinski definition) is 6. The van der Waals surface area contributed by atoms with Crippen molar-refractivity contribution in [2.75, 3.05) is 13.2 Å². The van der Waals surface area contributed by atoms with E-state index in [1.54, 1.807) is 0 Å². The molecule has 0 aromatic rings. The number of carbonyl (C=O) groups excluding carboxylic acids is 3. The van der Waals surface area contributed by atoms with Crippen molar-refractivity contribution in [3.8, 4) is 0 Å². The molecule has 0 spiro atoms. The maximum absolute atomic E-state index is 12.6. The SMILES string of the molecule is CCCCCCCCCCCCCCCCCCCC(=O)OCC(COC(=O)CCCCCCC)OC(=O)CCCCCCCCCCCCC. The Kier molecular flexibility index (Phi) is 39.9. The highest BCUT2D eigenvalue weighted by atomic mass is 16.6. The second-order valence-electron chi connectivity index (χ2n) is 15.3. The lowest BCUT2D eigenvalue weighted by molar-refractivity contribution is -0.167. The second kappa shape index (κ2) is 41.2. The predicted molar refractivity (Wildman–Crippen MR) is 215 cm³/mol. The van der Waals surface area contributed by atoms with Crippen LogP contribution in [0.25, 0.3) is 0 Å². The summed E-state index contributed by atoms with van der Waals surface area (Å²) in [5.74, 6) is -0.867. The Morgan fingerprint density at radius 1 is 0.314 bits per heavy atom. The van der Waals surface area contributed by atoms with Gasteiger partial charge in [0.1, 0.15) is 13.2 Å². The van der Waals surface area contributed by atoms with E-state index in [1.165, 1.54) is 148 Å². The number of esters is 3. The van der Waals surface area contributed by atoms with Crippen molar-refractivity contribution in [2.45, 2.75) is 258 Å². The van der Waals surface area contributed by atoms with Gasteiger partial charge in [0, 0.05) is 19.3 Å². The van der Waals surface area contributed by atoms with Crippen molar-refractivity contribution >= 4 is 17.9 Å². The molecule has 0 N–H and O–H groups in total. The summed E-state index contributed by atoms with van der Waals surface area (Å²) in [6.45, 7) is 6.57. The van der Waals surface area contributed by atoms with E-state index in [0.717, 1.165) is 64.2 Å². The monoisotopic (exact) mass is 723 g/mol. The van der Waals surface area contributed by atoms with Crippen molar-refractivity contribution < 1.29 is 28.6 Å². The Bertz CT molecular complexity index is 753. The zero-order valence-electron chi connectivity index (χ0n) is 34.4. The lowest BCUT2D eigenvalue weighted by Gasteiger charge is -2.18. The van der Waals surface area contributed by atoms with Gasteiger partial charge in [-0.15, -0.1) is 0 Å². The molecule has 0 radical (unpaired) electrons. The molecule has 0 bridgehead atoms. The zero-order valence-corrected chi connectivity index (χ0v) is 34.4. The van der Waals surface area contributed by atoms with E-state index >= 15 is 0 Å². The molecular weight excluding hydrogens is 636 g/mol. The van der Waals surface area contributed by atoms with Crippen LogP contribution < -0.4 is 0 Å². The van der Waals surface area contributed by atoms with Gasteiger partial charge in [-0.2, -0.15) is 0 Å². The highest BCUT2D eigenvalue weighted by Gasteiger charge is 2.19. The number of rotatable bonds is 41. The number of ether oxygens (including phenoxy) is 3. The molecule has 51 heavy (non-hydrogen) atoms. The molecule has 0 saturated carbocycles. The summed E-state index contributed by atoms with van der Waals surface area (Å²) in [5, 5.41) is 0. The largest absolute Gasteiger partial charge is 0.462 e. The van der Waals surface area contributed by atoms with Crippen LogP contribution in [0.15, 0.2) is 0 Å². The van der Waals surface area contributed by atoms with Gasteiger partial charge in [-0.3, -0.25) is 14.4 Å². The lowest BCUT2D eigenvalue weighted by atomic mass is 10.0. The highest BCUT2D eigenvalue weighted by molar-refractivity contribution is 5.71. The first-order valence-electron chi connectivity index (χ1n) is 22.5. The van der Waals surface area contributed by atoms with Crippen LogP contribution in [0.5, 0.6) is 0 Å². The highest BCUT2D eigenvalue weighted by Crippen LogP contribution is 2.16. The third-order valence-electron chi connectivity index (χ3n) is 10.1. The quantitative estimate of drug-likeness (QED) is 0.0355. The smallest absolute Gasteiger partial charge is 0.306 e. The first-order chi connectivity index (χ1) is 25.0. The number of unbranched alkanes of at least 4 members (excludes halogenated alkanes) is 30. The first-order valence-corrected chi connectivity index (χ1v) is 22.5. The van der Waals surface area contributed by atoms with E-state index in [9.17, 15) is 14.4 Å². The van der Waals surface area contributed by atoms with Crippen molar-refractivity contribution in [2.24, 2.45) is 0 Å². The fourth-order valence-corrected chi connectivity index (χ4v) is 6.68. The van der Waals surface area contributed by atoms with E-state index in [1.807, 2.05) is 0 Å². The third kappa shape index (κ3) is 39.5. The van der Waals surface area contributed by atoms with Gasteiger partial charge in [0.15, 0.2) is 6.10 Å². The maximum Gasteiger partial charge on any atom is 0.306 e. The molecule has 0 amide bonds. The van der Waals surface area contributed by atoms with Crippen molar-refractivity contribution in [3.63, 3.8) is 0 Å². The fraction of sp³-hybridized carbons (Fsp3) is 0.933. The Morgan fingerprint density at radius 2 is 0.529 bits per heavy atom. The van der Waals surface area contributed by atoms with Crippen LogP contribution >= 0.6 is 0 Å². The van der Waals surface area contributed by atoms with Crippen LogP contribution in [0.3, 0.4) is 0 Å². The molecule has 6 heteroatoms. The van der Waals surface area contributed by atoms with Gasteiger partial charge in [0.05, 0.1) is 0 Å². The van der Waals surface area contributed by atoms with Gasteiger partial charge in [-0.05, 0) is 19.3 Å². The minimum atomic E-state index is -0.756. The summed E-state index contributed by atoms with van der Waals surface area (Å²) in [6.07, 6.45) is 41.2. The average Bonchev–Trinajstić information content (AvgIpc) is 3.12. The van der Waals surface area contributed by atoms with Crippen LogP contribution in [0, 0.1) is 0 Å². The van der Waals surface area contributed by atoms with Crippen molar-refractivity contribution in [1.29, 1.82) is 0 Å². The fourth-order valence-electron chi connectivity index (χ4n) is 6.68. The molecule has 302 valence electrons. The van der Waals surface area contributed by atoms with E-state index in [-0.39, 0.29) is 31.1 Å². The van der Waals surface area contributed by atoms with E-state index < -0.39 is 6.10 Å². The first kappa shape index (κ1) is 49.4. The summed E-state index contributed by atoms with van der Waals surface area (Å²) in [4.78, 5) is 37.4. The van der Waals surface area contributed by atoms with Gasteiger partial charge in [-0.25, -0.2) is 0 Å². The maximum atomic E-state index is 12.6. The summed E-state index contributed by atoms with van der Waals surface area (Å²) >= 11 is 0. The topological polar surface area (TPSA) is 78.9 Å². The number of hydrogen-bond donors (Lipinski definition) is 0. The molecule has 0 aromatic carbocycles. The molecular formula is C45H86O6. The molecule has 0 aliphatic heterocycles. The molecule has 1 atom stereocenters.